The normalized spacial score (nSPS) is 15.4. The van der Waals surface area contributed by atoms with Gasteiger partial charge in [0.2, 0.25) is 5.95 Å². The van der Waals surface area contributed by atoms with Crippen molar-refractivity contribution >= 4 is 23.7 Å². The first-order valence-corrected chi connectivity index (χ1v) is 15.5. The fourth-order valence-corrected chi connectivity index (χ4v) is 5.06. The van der Waals surface area contributed by atoms with Gasteiger partial charge in [0.25, 0.3) is 0 Å². The Hall–Kier alpha value is -4.25. The van der Waals surface area contributed by atoms with E-state index in [1.807, 2.05) is 77.9 Å². The number of nitrogens with one attached hydrogen (secondary N) is 2. The molecule has 11 nitrogen and oxygen atoms in total. The molecule has 45 heavy (non-hydrogen) atoms. The lowest BCUT2D eigenvalue weighted by Crippen LogP contribution is -2.40. The van der Waals surface area contributed by atoms with Gasteiger partial charge in [-0.1, -0.05) is 0 Å². The number of amides is 1. The summed E-state index contributed by atoms with van der Waals surface area (Å²) in [7, 11) is 1.65. The lowest BCUT2D eigenvalue weighted by molar-refractivity contribution is -0.160. The molecule has 1 aliphatic heterocycles. The quantitative estimate of drug-likeness (QED) is 0.193. The number of methoxy groups -OCH3 is 1. The molecule has 1 fully saturated rings. The number of carbonyl (C=O) groups excluding carboxylic acids is 2. The molecular formula is C34H46N6O5. The van der Waals surface area contributed by atoms with Gasteiger partial charge in [-0.3, -0.25) is 14.7 Å². The van der Waals surface area contributed by atoms with Crippen molar-refractivity contribution in [2.75, 3.05) is 25.5 Å². The molecule has 0 aliphatic carbocycles. The molecule has 11 heteroatoms. The number of ether oxygens (including phenoxy) is 3. The van der Waals surface area contributed by atoms with Gasteiger partial charge in [0, 0.05) is 48.0 Å². The van der Waals surface area contributed by atoms with Crippen LogP contribution in [0.15, 0.2) is 48.8 Å². The number of anilines is 2. The van der Waals surface area contributed by atoms with E-state index < -0.39 is 17.3 Å². The van der Waals surface area contributed by atoms with Crippen molar-refractivity contribution in [3.63, 3.8) is 0 Å². The maximum Gasteiger partial charge on any atom is 0.407 e. The van der Waals surface area contributed by atoms with Gasteiger partial charge in [-0.05, 0) is 110 Å². The van der Waals surface area contributed by atoms with Gasteiger partial charge in [0.05, 0.1) is 12.8 Å². The topological polar surface area (TPSA) is 128 Å². The van der Waals surface area contributed by atoms with E-state index in [-0.39, 0.29) is 12.0 Å². The van der Waals surface area contributed by atoms with E-state index in [1.54, 1.807) is 19.5 Å². The maximum absolute atomic E-state index is 12.9. The molecule has 2 N–H and O–H groups in total. The Morgan fingerprint density at radius 3 is 2.47 bits per heavy atom. The number of pyridine rings is 1. The third-order valence-corrected chi connectivity index (χ3v) is 7.01. The number of rotatable bonds is 11. The second-order valence-corrected chi connectivity index (χ2v) is 13.1. The summed E-state index contributed by atoms with van der Waals surface area (Å²) in [5.74, 6) is 1.02. The largest absolute Gasteiger partial charge is 0.496 e. The molecule has 0 radical (unpaired) electrons. The third-order valence-electron chi connectivity index (χ3n) is 7.01. The first-order chi connectivity index (χ1) is 21.3. The number of aromatic nitrogens is 3. The Kier molecular flexibility index (Phi) is 11.0. The summed E-state index contributed by atoms with van der Waals surface area (Å²) in [6.07, 6.45) is 6.27. The number of hydrogen-bond donors (Lipinski definition) is 2. The van der Waals surface area contributed by atoms with Crippen LogP contribution in [0.3, 0.4) is 0 Å². The van der Waals surface area contributed by atoms with Crippen LogP contribution in [0.1, 0.15) is 72.1 Å². The van der Waals surface area contributed by atoms with Gasteiger partial charge in [0.15, 0.2) is 0 Å². The summed E-state index contributed by atoms with van der Waals surface area (Å²) >= 11 is 0. The molecule has 242 valence electrons. The molecule has 4 rings (SSSR count). The minimum Gasteiger partial charge on any atom is -0.496 e. The van der Waals surface area contributed by atoms with Crippen LogP contribution in [0.2, 0.25) is 0 Å². The zero-order chi connectivity index (χ0) is 32.6. The van der Waals surface area contributed by atoms with Crippen LogP contribution in [0.4, 0.5) is 16.4 Å². The molecule has 3 aromatic rings. The Bertz CT molecular complexity index is 1450. The second kappa shape index (κ2) is 14.7. The lowest BCUT2D eigenvalue weighted by Gasteiger charge is -2.27. The fourth-order valence-electron chi connectivity index (χ4n) is 5.06. The SMILES string of the molecule is COc1ccc(Nc2nccc(-c3ccc(CCCNC(=O)OC(C)(C)C)nc3)n2)cc1CN1CCCC1C(=O)OC(C)(C)C. The third kappa shape index (κ3) is 10.4. The summed E-state index contributed by atoms with van der Waals surface area (Å²) in [5.41, 5.74) is 3.26. The Morgan fingerprint density at radius 1 is 1.00 bits per heavy atom. The molecule has 2 aromatic heterocycles. The molecule has 1 aliphatic rings. The summed E-state index contributed by atoms with van der Waals surface area (Å²) < 4.78 is 16.6. The van der Waals surface area contributed by atoms with Crippen molar-refractivity contribution in [2.45, 2.75) is 91.0 Å². The van der Waals surface area contributed by atoms with Gasteiger partial charge in [0.1, 0.15) is 23.0 Å². The van der Waals surface area contributed by atoms with Crippen LogP contribution in [-0.4, -0.2) is 69.4 Å². The van der Waals surface area contributed by atoms with Crippen LogP contribution < -0.4 is 15.4 Å². The number of esters is 1. The van der Waals surface area contributed by atoms with Gasteiger partial charge >= 0.3 is 12.1 Å². The first kappa shape index (κ1) is 33.6. The van der Waals surface area contributed by atoms with E-state index in [0.717, 1.165) is 66.2 Å². The van der Waals surface area contributed by atoms with Crippen molar-refractivity contribution < 1.29 is 23.8 Å². The van der Waals surface area contributed by atoms with Gasteiger partial charge in [-0.15, -0.1) is 0 Å². The molecule has 1 aromatic carbocycles. The van der Waals surface area contributed by atoms with E-state index >= 15 is 0 Å². The molecule has 1 saturated heterocycles. The highest BCUT2D eigenvalue weighted by molar-refractivity contribution is 5.76. The number of hydrogen-bond acceptors (Lipinski definition) is 10. The molecule has 3 heterocycles. The van der Waals surface area contributed by atoms with Crippen LogP contribution in [0.25, 0.3) is 11.3 Å². The Balaban J connectivity index is 1.37. The van der Waals surface area contributed by atoms with E-state index in [4.69, 9.17) is 19.2 Å². The number of alkyl carbamates (subject to hydrolysis) is 1. The average molecular weight is 619 g/mol. The second-order valence-electron chi connectivity index (χ2n) is 13.1. The predicted molar refractivity (Wildman–Crippen MR) is 173 cm³/mol. The smallest absolute Gasteiger partial charge is 0.407 e. The number of benzene rings is 1. The van der Waals surface area contributed by atoms with E-state index in [2.05, 4.69) is 25.5 Å². The predicted octanol–water partition coefficient (Wildman–Crippen LogP) is 6.05. The highest BCUT2D eigenvalue weighted by Gasteiger charge is 2.34. The summed E-state index contributed by atoms with van der Waals surface area (Å²) in [4.78, 5) is 40.5. The van der Waals surface area contributed by atoms with Crippen molar-refractivity contribution in [3.8, 4) is 17.0 Å². The fraction of sp³-hybridized carbons (Fsp3) is 0.500. The standard InChI is InChI=1S/C34H46N6O5/c1-33(2,3)44-30(41)28-11-9-19-40(28)22-24-20-26(14-15-29(24)43-7)38-31-35-18-16-27(39-31)23-12-13-25(37-21-23)10-8-17-36-32(42)45-34(4,5)6/h12-16,18,20-21,28H,8-11,17,19,22H2,1-7H3,(H,36,42)(H,35,38,39). The van der Waals surface area contributed by atoms with Crippen molar-refractivity contribution in [2.24, 2.45) is 0 Å². The highest BCUT2D eigenvalue weighted by Crippen LogP contribution is 2.30. The molecule has 1 unspecified atom stereocenters. The lowest BCUT2D eigenvalue weighted by atomic mass is 10.1. The van der Waals surface area contributed by atoms with Crippen LogP contribution in [-0.2, 0) is 27.2 Å². The minimum atomic E-state index is -0.526. The van der Waals surface area contributed by atoms with E-state index in [9.17, 15) is 9.59 Å². The maximum atomic E-state index is 12.9. The average Bonchev–Trinajstić information content (AvgIpc) is 3.43. The Labute approximate surface area is 266 Å². The summed E-state index contributed by atoms with van der Waals surface area (Å²) in [6, 6.07) is 11.4. The zero-order valence-electron chi connectivity index (χ0n) is 27.5. The molecule has 0 spiro atoms. The van der Waals surface area contributed by atoms with Crippen LogP contribution in [0.5, 0.6) is 5.75 Å². The van der Waals surface area contributed by atoms with Gasteiger partial charge in [-0.2, -0.15) is 0 Å². The molecule has 1 amide bonds. The minimum absolute atomic E-state index is 0.184. The number of aryl methyl sites for hydroxylation is 1. The summed E-state index contributed by atoms with van der Waals surface area (Å²) in [5, 5.41) is 6.08. The molecule has 1 atom stereocenters. The monoisotopic (exact) mass is 618 g/mol. The molecule has 0 saturated carbocycles. The molecule has 0 bridgehead atoms. The van der Waals surface area contributed by atoms with Crippen LogP contribution in [0, 0.1) is 0 Å². The van der Waals surface area contributed by atoms with Crippen molar-refractivity contribution in [1.29, 1.82) is 0 Å². The van der Waals surface area contributed by atoms with Crippen LogP contribution >= 0.6 is 0 Å². The molecular weight excluding hydrogens is 572 g/mol. The van der Waals surface area contributed by atoms with Crippen molar-refractivity contribution in [1.82, 2.24) is 25.2 Å². The van der Waals surface area contributed by atoms with Gasteiger partial charge in [-0.25, -0.2) is 14.8 Å². The first-order valence-electron chi connectivity index (χ1n) is 15.5. The van der Waals surface area contributed by atoms with E-state index in [1.165, 1.54) is 0 Å². The highest BCUT2D eigenvalue weighted by atomic mass is 16.6. The van der Waals surface area contributed by atoms with Gasteiger partial charge < -0.3 is 24.8 Å². The zero-order valence-corrected chi connectivity index (χ0v) is 27.5. The van der Waals surface area contributed by atoms with E-state index in [0.29, 0.717) is 19.0 Å². The number of nitrogens with zero attached hydrogens (tertiary/aromatic N) is 4. The Morgan fingerprint density at radius 2 is 1.78 bits per heavy atom. The summed E-state index contributed by atoms with van der Waals surface area (Å²) in [6.45, 7) is 13.1. The number of carbonyl (C=O) groups is 2. The van der Waals surface area contributed by atoms with Crippen molar-refractivity contribution in [3.05, 3.63) is 60.0 Å². The number of likely N-dealkylation sites (tertiary alicyclic amines) is 1.